The molecule has 0 amide bonds. The van der Waals surface area contributed by atoms with E-state index >= 15 is 0 Å². The van der Waals surface area contributed by atoms with E-state index in [1.54, 1.807) is 0 Å². The summed E-state index contributed by atoms with van der Waals surface area (Å²) in [5.74, 6) is -1.40. The van der Waals surface area contributed by atoms with Crippen molar-refractivity contribution in [3.8, 4) is 0 Å². The molecule has 4 atom stereocenters. The van der Waals surface area contributed by atoms with Crippen LogP contribution in [0, 0.1) is 0 Å². The van der Waals surface area contributed by atoms with Crippen molar-refractivity contribution >= 4 is 17.1 Å². The number of hydrogen-bond acceptors (Lipinski definition) is 7. The number of rotatable bonds is 2. The molecule has 10 heteroatoms. The van der Waals surface area contributed by atoms with Gasteiger partial charge in [0.25, 0.3) is 5.56 Å². The minimum absolute atomic E-state index is 0.0165. The lowest BCUT2D eigenvalue weighted by molar-refractivity contribution is -0.166. The summed E-state index contributed by atoms with van der Waals surface area (Å²) in [5, 5.41) is 28.9. The Morgan fingerprint density at radius 2 is 2.19 bits per heavy atom. The average Bonchev–Trinajstić information content (AvgIpc) is 2.96. The second-order valence-electron chi connectivity index (χ2n) is 4.89. The Kier molecular flexibility index (Phi) is 2.83. The summed E-state index contributed by atoms with van der Waals surface area (Å²) in [6, 6.07) is 0. The second kappa shape index (κ2) is 4.35. The fourth-order valence-electron chi connectivity index (χ4n) is 2.45. The third kappa shape index (κ3) is 1.77. The minimum Gasteiger partial charge on any atom is -0.479 e. The van der Waals surface area contributed by atoms with Crippen LogP contribution in [0.2, 0.25) is 0 Å². The molecule has 0 bridgehead atoms. The zero-order chi connectivity index (χ0) is 15.4. The van der Waals surface area contributed by atoms with Gasteiger partial charge in [0.1, 0.15) is 12.2 Å². The van der Waals surface area contributed by atoms with Crippen LogP contribution in [0.15, 0.2) is 17.4 Å². The molecule has 1 aliphatic rings. The Morgan fingerprint density at radius 3 is 2.81 bits per heavy atom. The van der Waals surface area contributed by atoms with E-state index in [1.165, 1.54) is 17.8 Å². The maximum Gasteiger partial charge on any atom is 0.335 e. The van der Waals surface area contributed by atoms with Gasteiger partial charge in [0.2, 0.25) is 0 Å². The van der Waals surface area contributed by atoms with Gasteiger partial charge in [-0.25, -0.2) is 14.8 Å². The van der Waals surface area contributed by atoms with Gasteiger partial charge in [0.05, 0.1) is 12.7 Å². The van der Waals surface area contributed by atoms with E-state index in [4.69, 9.17) is 9.84 Å². The highest BCUT2D eigenvalue weighted by Gasteiger charge is 2.55. The van der Waals surface area contributed by atoms with E-state index in [9.17, 15) is 19.8 Å². The molecule has 3 heterocycles. The zero-order valence-electron chi connectivity index (χ0n) is 10.8. The number of H-pyrrole nitrogens is 1. The fourth-order valence-corrected chi connectivity index (χ4v) is 2.45. The third-order valence-electron chi connectivity index (χ3n) is 3.61. The molecule has 1 fully saturated rings. The number of nitrogens with zero attached hydrogens (tertiary/aromatic N) is 3. The van der Waals surface area contributed by atoms with E-state index in [2.05, 4.69) is 15.0 Å². The summed E-state index contributed by atoms with van der Waals surface area (Å²) >= 11 is 0. The summed E-state index contributed by atoms with van der Waals surface area (Å²) in [6.45, 7) is 1.38. The molecule has 0 aromatic carbocycles. The summed E-state index contributed by atoms with van der Waals surface area (Å²) in [5.41, 5.74) is -1.97. The molecule has 3 rings (SSSR count). The number of carboxylic acid groups (broad SMARTS) is 1. The molecule has 0 saturated carbocycles. The van der Waals surface area contributed by atoms with Gasteiger partial charge in [-0.15, -0.1) is 0 Å². The molecule has 0 aliphatic carbocycles. The van der Waals surface area contributed by atoms with Gasteiger partial charge in [-0.05, 0) is 6.92 Å². The van der Waals surface area contributed by atoms with Gasteiger partial charge in [-0.2, -0.15) is 0 Å². The Labute approximate surface area is 116 Å². The molecule has 1 saturated heterocycles. The molecular weight excluding hydrogens is 284 g/mol. The largest absolute Gasteiger partial charge is 0.479 e. The number of aliphatic hydroxyl groups is 2. The number of fused-ring (bicyclic) bond motifs is 1. The van der Waals surface area contributed by atoms with Crippen LogP contribution in [0.5, 0.6) is 0 Å². The number of carboxylic acids is 1. The monoisotopic (exact) mass is 296 g/mol. The first-order valence-electron chi connectivity index (χ1n) is 6.04. The van der Waals surface area contributed by atoms with Crippen molar-refractivity contribution in [2.24, 2.45) is 0 Å². The first-order valence-corrected chi connectivity index (χ1v) is 6.04. The van der Waals surface area contributed by atoms with Crippen molar-refractivity contribution in [2.75, 3.05) is 0 Å². The third-order valence-corrected chi connectivity index (χ3v) is 3.61. The van der Waals surface area contributed by atoms with E-state index in [-0.39, 0.29) is 11.2 Å². The molecule has 4 N–H and O–H groups in total. The SMILES string of the molecule is C[C@@]1(n2cnc3c(=O)[nH]cnc32)O[C@H](C(=O)O)[C@@H](O)[C@H]1O. The average molecular weight is 296 g/mol. The number of aliphatic hydroxyl groups excluding tert-OH is 2. The molecule has 10 nitrogen and oxygen atoms in total. The fraction of sp³-hybridized carbons (Fsp3) is 0.455. The van der Waals surface area contributed by atoms with Gasteiger partial charge in [0, 0.05) is 0 Å². The highest BCUT2D eigenvalue weighted by molar-refractivity contribution is 5.74. The van der Waals surface area contributed by atoms with Crippen LogP contribution in [0.1, 0.15) is 6.92 Å². The van der Waals surface area contributed by atoms with Crippen molar-refractivity contribution in [2.45, 2.75) is 31.0 Å². The number of carbonyl (C=O) groups is 1. The predicted octanol–water partition coefficient (Wildman–Crippen LogP) is -2.00. The maximum absolute atomic E-state index is 11.6. The molecule has 1 aliphatic heterocycles. The van der Waals surface area contributed by atoms with E-state index in [1.807, 2.05) is 0 Å². The number of aliphatic carboxylic acids is 1. The molecule has 2 aromatic heterocycles. The molecular formula is C11H12N4O6. The lowest BCUT2D eigenvalue weighted by Crippen LogP contribution is -2.43. The topological polar surface area (TPSA) is 151 Å². The van der Waals surface area contributed by atoms with Gasteiger partial charge in [-0.3, -0.25) is 9.36 Å². The molecule has 21 heavy (non-hydrogen) atoms. The van der Waals surface area contributed by atoms with Crippen LogP contribution in [-0.4, -0.2) is 59.1 Å². The lowest BCUT2D eigenvalue weighted by atomic mass is 10.0. The molecule has 0 spiro atoms. The van der Waals surface area contributed by atoms with Crippen molar-refractivity contribution in [1.29, 1.82) is 0 Å². The number of imidazole rings is 1. The Morgan fingerprint density at radius 1 is 1.48 bits per heavy atom. The normalized spacial score (nSPS) is 32.6. The minimum atomic E-state index is -1.62. The number of hydrogen-bond donors (Lipinski definition) is 4. The van der Waals surface area contributed by atoms with Crippen LogP contribution in [0.4, 0.5) is 0 Å². The Balaban J connectivity index is 2.16. The quantitative estimate of drug-likeness (QED) is 0.496. The van der Waals surface area contributed by atoms with Crippen LogP contribution in [-0.2, 0) is 15.3 Å². The van der Waals surface area contributed by atoms with Crippen molar-refractivity contribution in [1.82, 2.24) is 19.5 Å². The molecule has 0 unspecified atom stereocenters. The second-order valence-corrected chi connectivity index (χ2v) is 4.89. The molecule has 0 radical (unpaired) electrons. The van der Waals surface area contributed by atoms with Gasteiger partial charge >= 0.3 is 5.97 Å². The standard InChI is InChI=1S/C11H12N4O6/c1-11(7(17)5(16)6(21-11)10(19)20)15-3-14-4-8(15)12-2-13-9(4)18/h2-3,5-7,16-17H,1H3,(H,19,20)(H,12,13,18)/t5-,6+,7-,11-/m1/s1. The van der Waals surface area contributed by atoms with Crippen LogP contribution < -0.4 is 5.56 Å². The van der Waals surface area contributed by atoms with Crippen molar-refractivity contribution < 1.29 is 24.9 Å². The van der Waals surface area contributed by atoms with Gasteiger partial charge < -0.3 is 25.0 Å². The number of aromatic amines is 1. The summed E-state index contributed by atoms with van der Waals surface area (Å²) in [6.07, 6.45) is -2.39. The van der Waals surface area contributed by atoms with Crippen LogP contribution >= 0.6 is 0 Å². The van der Waals surface area contributed by atoms with Crippen LogP contribution in [0.25, 0.3) is 11.2 Å². The van der Waals surface area contributed by atoms with Gasteiger partial charge in [-0.1, -0.05) is 0 Å². The van der Waals surface area contributed by atoms with E-state index in [0.717, 1.165) is 6.33 Å². The molecule has 112 valence electrons. The number of nitrogens with one attached hydrogen (secondary N) is 1. The smallest absolute Gasteiger partial charge is 0.335 e. The number of ether oxygens (including phenoxy) is 1. The van der Waals surface area contributed by atoms with Crippen molar-refractivity contribution in [3.05, 3.63) is 23.0 Å². The summed E-state index contributed by atoms with van der Waals surface area (Å²) in [7, 11) is 0. The van der Waals surface area contributed by atoms with E-state index in [0.29, 0.717) is 0 Å². The highest BCUT2D eigenvalue weighted by atomic mass is 16.6. The van der Waals surface area contributed by atoms with E-state index < -0.39 is 35.6 Å². The van der Waals surface area contributed by atoms with Gasteiger partial charge in [0.15, 0.2) is 23.0 Å². The summed E-state index contributed by atoms with van der Waals surface area (Å²) in [4.78, 5) is 32.8. The zero-order valence-corrected chi connectivity index (χ0v) is 10.8. The van der Waals surface area contributed by atoms with Crippen molar-refractivity contribution in [3.63, 3.8) is 0 Å². The Hall–Kier alpha value is -2.30. The highest BCUT2D eigenvalue weighted by Crippen LogP contribution is 2.36. The first-order chi connectivity index (χ1) is 9.86. The lowest BCUT2D eigenvalue weighted by Gasteiger charge is -2.29. The first kappa shape index (κ1) is 13.7. The Bertz CT molecular complexity index is 769. The predicted molar refractivity (Wildman–Crippen MR) is 66.3 cm³/mol. The number of aromatic nitrogens is 4. The maximum atomic E-state index is 11.6. The summed E-state index contributed by atoms with van der Waals surface area (Å²) < 4.78 is 6.53. The molecule has 2 aromatic rings. The van der Waals surface area contributed by atoms with Crippen LogP contribution in [0.3, 0.4) is 0 Å².